The van der Waals surface area contributed by atoms with Gasteiger partial charge < -0.3 is 4.90 Å². The van der Waals surface area contributed by atoms with E-state index < -0.39 is 21.7 Å². The number of hydrogen-bond acceptors (Lipinski definition) is 4. The molecule has 1 atom stereocenters. The Morgan fingerprint density at radius 1 is 1.13 bits per heavy atom. The number of sulfonamides is 1. The van der Waals surface area contributed by atoms with Crippen LogP contribution in [0.4, 0.5) is 8.78 Å². The van der Waals surface area contributed by atoms with Gasteiger partial charge >= 0.3 is 0 Å². The molecule has 0 radical (unpaired) electrons. The highest BCUT2D eigenvalue weighted by molar-refractivity contribution is 7.89. The molecule has 0 N–H and O–H groups in total. The molecule has 1 unspecified atom stereocenters. The van der Waals surface area contributed by atoms with E-state index in [9.17, 15) is 22.0 Å². The SMILES string of the molecule is O=C(C1CCC1)N(Cc1cccnc1)C1CCCN(S(=O)(=O)c2ccc(F)c(F)c2)C1. The zero-order chi connectivity index (χ0) is 22.0. The Balaban J connectivity index is 1.57. The van der Waals surface area contributed by atoms with Gasteiger partial charge in [0.05, 0.1) is 4.90 Å². The molecule has 2 fully saturated rings. The number of pyridine rings is 1. The molecule has 1 aromatic heterocycles. The summed E-state index contributed by atoms with van der Waals surface area (Å²) in [7, 11) is -4.00. The molecule has 0 spiro atoms. The zero-order valence-electron chi connectivity index (χ0n) is 17.1. The fourth-order valence-electron chi connectivity index (χ4n) is 4.15. The van der Waals surface area contributed by atoms with Gasteiger partial charge in [-0.2, -0.15) is 4.31 Å². The maximum Gasteiger partial charge on any atom is 0.243 e. The second-order valence-electron chi connectivity index (χ2n) is 8.19. The molecule has 2 heterocycles. The monoisotopic (exact) mass is 449 g/mol. The molecule has 31 heavy (non-hydrogen) atoms. The quantitative estimate of drug-likeness (QED) is 0.678. The molecule has 2 aromatic rings. The van der Waals surface area contributed by atoms with E-state index in [1.165, 1.54) is 4.31 Å². The lowest BCUT2D eigenvalue weighted by molar-refractivity contribution is -0.142. The summed E-state index contributed by atoms with van der Waals surface area (Å²) in [5, 5.41) is 0. The molecule has 6 nitrogen and oxygen atoms in total. The van der Waals surface area contributed by atoms with Gasteiger partial charge in [-0.3, -0.25) is 9.78 Å². The van der Waals surface area contributed by atoms with Crippen LogP contribution in [0.1, 0.15) is 37.7 Å². The third-order valence-corrected chi connectivity index (χ3v) is 8.00. The summed E-state index contributed by atoms with van der Waals surface area (Å²) >= 11 is 0. The number of amides is 1. The molecule has 1 aliphatic carbocycles. The van der Waals surface area contributed by atoms with E-state index in [1.807, 2.05) is 12.1 Å². The van der Waals surface area contributed by atoms with Gasteiger partial charge in [-0.25, -0.2) is 17.2 Å². The summed E-state index contributed by atoms with van der Waals surface area (Å²) < 4.78 is 54.3. The van der Waals surface area contributed by atoms with Crippen LogP contribution >= 0.6 is 0 Å². The van der Waals surface area contributed by atoms with Crippen LogP contribution < -0.4 is 0 Å². The summed E-state index contributed by atoms with van der Waals surface area (Å²) in [6, 6.07) is 6.01. The first-order valence-corrected chi connectivity index (χ1v) is 11.9. The standard InChI is InChI=1S/C22H25F2N3O3S/c23-20-9-8-19(12-21(20)24)31(29,30)26-11-3-7-18(15-26)27(22(28)17-5-1-6-17)14-16-4-2-10-25-13-16/h2,4,8-10,12-13,17-18H,1,3,5-7,11,14-15H2. The number of aromatic nitrogens is 1. The number of benzene rings is 1. The Bertz CT molecular complexity index is 1050. The zero-order valence-corrected chi connectivity index (χ0v) is 17.9. The molecule has 1 aromatic carbocycles. The number of rotatable bonds is 6. The molecule has 2 aliphatic rings. The summed E-state index contributed by atoms with van der Waals surface area (Å²) in [4.78, 5) is 18.8. The first-order valence-electron chi connectivity index (χ1n) is 10.5. The molecular weight excluding hydrogens is 424 g/mol. The maximum atomic E-state index is 13.6. The molecule has 1 saturated carbocycles. The third-order valence-electron chi connectivity index (χ3n) is 6.14. The van der Waals surface area contributed by atoms with Crippen molar-refractivity contribution >= 4 is 15.9 Å². The van der Waals surface area contributed by atoms with Crippen molar-refractivity contribution in [1.29, 1.82) is 0 Å². The van der Waals surface area contributed by atoms with E-state index in [2.05, 4.69) is 4.98 Å². The second-order valence-corrected chi connectivity index (χ2v) is 10.1. The Labute approximate surface area is 180 Å². The lowest BCUT2D eigenvalue weighted by atomic mass is 9.83. The van der Waals surface area contributed by atoms with Gasteiger partial charge in [0, 0.05) is 44.0 Å². The second kappa shape index (κ2) is 9.00. The molecular formula is C22H25F2N3O3S. The van der Waals surface area contributed by atoms with Crippen LogP contribution in [0.3, 0.4) is 0 Å². The van der Waals surface area contributed by atoms with Crippen LogP contribution in [0.5, 0.6) is 0 Å². The van der Waals surface area contributed by atoms with Crippen LogP contribution in [0.15, 0.2) is 47.6 Å². The van der Waals surface area contributed by atoms with E-state index in [-0.39, 0.29) is 35.9 Å². The molecule has 1 aliphatic heterocycles. The van der Waals surface area contributed by atoms with Gasteiger partial charge in [-0.1, -0.05) is 12.5 Å². The van der Waals surface area contributed by atoms with Crippen molar-refractivity contribution in [2.75, 3.05) is 13.1 Å². The van der Waals surface area contributed by atoms with Crippen molar-refractivity contribution in [3.05, 3.63) is 59.9 Å². The molecule has 4 rings (SSSR count). The Morgan fingerprint density at radius 2 is 1.94 bits per heavy atom. The van der Waals surface area contributed by atoms with Crippen molar-refractivity contribution in [1.82, 2.24) is 14.2 Å². The van der Waals surface area contributed by atoms with Crippen LogP contribution in [-0.4, -0.2) is 47.6 Å². The number of nitrogens with zero attached hydrogens (tertiary/aromatic N) is 3. The highest BCUT2D eigenvalue weighted by atomic mass is 32.2. The summed E-state index contributed by atoms with van der Waals surface area (Å²) in [6.45, 7) is 0.767. The normalized spacial score (nSPS) is 20.3. The largest absolute Gasteiger partial charge is 0.334 e. The average molecular weight is 450 g/mol. The first kappa shape index (κ1) is 21.8. The molecule has 1 amide bonds. The van der Waals surface area contributed by atoms with Gasteiger partial charge in [0.25, 0.3) is 0 Å². The Morgan fingerprint density at radius 3 is 2.58 bits per heavy atom. The van der Waals surface area contributed by atoms with Crippen molar-refractivity contribution < 1.29 is 22.0 Å². The molecule has 166 valence electrons. The fourth-order valence-corrected chi connectivity index (χ4v) is 5.67. The molecule has 0 bridgehead atoms. The van der Waals surface area contributed by atoms with Crippen molar-refractivity contribution in [3.63, 3.8) is 0 Å². The average Bonchev–Trinajstić information content (AvgIpc) is 2.73. The summed E-state index contributed by atoms with van der Waals surface area (Å²) in [5.41, 5.74) is 0.885. The van der Waals surface area contributed by atoms with Gasteiger partial charge in [0.2, 0.25) is 15.9 Å². The molecule has 1 saturated heterocycles. The van der Waals surface area contributed by atoms with Crippen LogP contribution in [0, 0.1) is 17.6 Å². The van der Waals surface area contributed by atoms with Crippen molar-refractivity contribution in [2.24, 2.45) is 5.92 Å². The number of carbonyl (C=O) groups is 1. The van der Waals surface area contributed by atoms with Gasteiger partial charge in [-0.15, -0.1) is 0 Å². The van der Waals surface area contributed by atoms with E-state index in [0.717, 1.165) is 37.0 Å². The summed E-state index contributed by atoms with van der Waals surface area (Å²) in [6.07, 6.45) is 7.37. The van der Waals surface area contributed by atoms with Gasteiger partial charge in [0.1, 0.15) is 0 Å². The number of piperidine rings is 1. The smallest absolute Gasteiger partial charge is 0.243 e. The predicted octanol–water partition coefficient (Wildman–Crippen LogP) is 3.34. The minimum atomic E-state index is -4.00. The minimum absolute atomic E-state index is 0.0187. The number of carbonyl (C=O) groups excluding carboxylic acids is 1. The lowest BCUT2D eigenvalue weighted by Crippen LogP contribution is -2.53. The highest BCUT2D eigenvalue weighted by Crippen LogP contribution is 2.32. The maximum absolute atomic E-state index is 13.6. The van der Waals surface area contributed by atoms with E-state index in [0.29, 0.717) is 25.5 Å². The lowest BCUT2D eigenvalue weighted by Gasteiger charge is -2.41. The van der Waals surface area contributed by atoms with Gasteiger partial charge in [0.15, 0.2) is 11.6 Å². The fraction of sp³-hybridized carbons (Fsp3) is 0.455. The number of hydrogen-bond donors (Lipinski definition) is 0. The summed E-state index contributed by atoms with van der Waals surface area (Å²) in [5.74, 6) is -2.26. The topological polar surface area (TPSA) is 70.6 Å². The molecule has 9 heteroatoms. The van der Waals surface area contributed by atoms with E-state index in [1.54, 1.807) is 17.3 Å². The number of halogens is 2. The van der Waals surface area contributed by atoms with Crippen molar-refractivity contribution in [2.45, 2.75) is 49.6 Å². The Kier molecular flexibility index (Phi) is 6.34. The predicted molar refractivity (Wildman–Crippen MR) is 110 cm³/mol. The van der Waals surface area contributed by atoms with Crippen LogP contribution in [-0.2, 0) is 21.4 Å². The first-order chi connectivity index (χ1) is 14.9. The Hall–Kier alpha value is -2.39. The van der Waals surface area contributed by atoms with Crippen LogP contribution in [0.2, 0.25) is 0 Å². The minimum Gasteiger partial charge on any atom is -0.334 e. The van der Waals surface area contributed by atoms with E-state index in [4.69, 9.17) is 0 Å². The van der Waals surface area contributed by atoms with Crippen molar-refractivity contribution in [3.8, 4) is 0 Å². The highest BCUT2D eigenvalue weighted by Gasteiger charge is 2.38. The van der Waals surface area contributed by atoms with E-state index >= 15 is 0 Å². The third kappa shape index (κ3) is 4.62. The van der Waals surface area contributed by atoms with Gasteiger partial charge in [-0.05, 0) is 55.5 Å². The van der Waals surface area contributed by atoms with Crippen LogP contribution in [0.25, 0.3) is 0 Å².